The Morgan fingerprint density at radius 1 is 1.38 bits per heavy atom. The predicted molar refractivity (Wildman–Crippen MR) is 82.9 cm³/mol. The van der Waals surface area contributed by atoms with E-state index in [9.17, 15) is 13.2 Å². The second kappa shape index (κ2) is 7.04. The van der Waals surface area contributed by atoms with Gasteiger partial charge in [-0.1, -0.05) is 37.3 Å². The number of sulfone groups is 1. The van der Waals surface area contributed by atoms with Crippen LogP contribution in [0.5, 0.6) is 0 Å². The molecule has 1 aliphatic heterocycles. The van der Waals surface area contributed by atoms with Gasteiger partial charge in [0.25, 0.3) is 0 Å². The maximum absolute atomic E-state index is 11.9. The van der Waals surface area contributed by atoms with Gasteiger partial charge in [-0.15, -0.1) is 0 Å². The van der Waals surface area contributed by atoms with Crippen molar-refractivity contribution in [3.05, 3.63) is 35.9 Å². The van der Waals surface area contributed by atoms with Crippen LogP contribution in [0.15, 0.2) is 30.3 Å². The highest BCUT2D eigenvalue weighted by molar-refractivity contribution is 7.91. The zero-order valence-corrected chi connectivity index (χ0v) is 13.0. The number of benzene rings is 1. The fourth-order valence-electron chi connectivity index (χ4n) is 2.46. The van der Waals surface area contributed by atoms with Gasteiger partial charge in [-0.3, -0.25) is 4.79 Å². The number of nitrogens with one attached hydrogen (secondary N) is 2. The second-order valence-electron chi connectivity index (χ2n) is 5.59. The van der Waals surface area contributed by atoms with Crippen LogP contribution in [-0.2, 0) is 14.6 Å². The molecule has 1 amide bonds. The number of amides is 1. The summed E-state index contributed by atoms with van der Waals surface area (Å²) in [6, 6.07) is 9.72. The lowest BCUT2D eigenvalue weighted by Gasteiger charge is -2.23. The molecule has 0 radical (unpaired) electrons. The largest absolute Gasteiger partial charge is 0.355 e. The molecule has 0 saturated carbocycles. The fourth-order valence-corrected chi connectivity index (χ4v) is 3.91. The molecule has 116 valence electrons. The van der Waals surface area contributed by atoms with Gasteiger partial charge in [-0.2, -0.15) is 0 Å². The van der Waals surface area contributed by atoms with E-state index in [0.29, 0.717) is 13.1 Å². The summed E-state index contributed by atoms with van der Waals surface area (Å²) in [5.74, 6) is 0.343. The molecule has 0 bridgehead atoms. The lowest BCUT2D eigenvalue weighted by molar-refractivity contribution is -0.121. The van der Waals surface area contributed by atoms with Crippen molar-refractivity contribution in [2.45, 2.75) is 25.3 Å². The van der Waals surface area contributed by atoms with E-state index >= 15 is 0 Å². The van der Waals surface area contributed by atoms with Crippen LogP contribution in [0, 0.1) is 0 Å². The molecule has 0 aromatic heterocycles. The van der Waals surface area contributed by atoms with Gasteiger partial charge in [0.1, 0.15) is 0 Å². The Morgan fingerprint density at radius 3 is 2.76 bits per heavy atom. The van der Waals surface area contributed by atoms with Crippen LogP contribution in [0.2, 0.25) is 0 Å². The SMILES string of the molecule is CC(CNC(=O)CC1CS(=O)(=O)CCN1)c1ccccc1. The summed E-state index contributed by atoms with van der Waals surface area (Å²) in [7, 11) is -2.99. The first-order chi connectivity index (χ1) is 9.96. The zero-order chi connectivity index (χ0) is 15.3. The first-order valence-corrected chi connectivity index (χ1v) is 9.04. The fraction of sp³-hybridized carbons (Fsp3) is 0.533. The summed E-state index contributed by atoms with van der Waals surface area (Å²) < 4.78 is 23.0. The van der Waals surface area contributed by atoms with Gasteiger partial charge in [-0.05, 0) is 11.5 Å². The summed E-state index contributed by atoms with van der Waals surface area (Å²) in [6.45, 7) is 3.04. The normalized spacial score (nSPS) is 22.4. The minimum absolute atomic E-state index is 0.0503. The van der Waals surface area contributed by atoms with E-state index in [1.54, 1.807) is 0 Å². The van der Waals surface area contributed by atoms with Crippen molar-refractivity contribution in [2.24, 2.45) is 0 Å². The third-order valence-electron chi connectivity index (χ3n) is 3.71. The number of rotatable bonds is 5. The third-order valence-corrected chi connectivity index (χ3v) is 5.44. The molecule has 1 fully saturated rings. The number of hydrogen-bond donors (Lipinski definition) is 2. The van der Waals surface area contributed by atoms with Gasteiger partial charge < -0.3 is 10.6 Å². The van der Waals surface area contributed by atoms with Crippen molar-refractivity contribution in [3.8, 4) is 0 Å². The summed E-state index contributed by atoms with van der Waals surface area (Å²) in [5.41, 5.74) is 1.18. The van der Waals surface area contributed by atoms with E-state index in [2.05, 4.69) is 17.6 Å². The average molecular weight is 310 g/mol. The molecule has 21 heavy (non-hydrogen) atoms. The molecule has 2 atom stereocenters. The average Bonchev–Trinajstić information content (AvgIpc) is 2.44. The van der Waals surface area contributed by atoms with Crippen LogP contribution in [0.4, 0.5) is 0 Å². The Kier molecular flexibility index (Phi) is 5.36. The van der Waals surface area contributed by atoms with E-state index in [1.807, 2.05) is 30.3 Å². The standard InChI is InChI=1S/C15H22N2O3S/c1-12(13-5-3-2-4-6-13)10-17-15(18)9-14-11-21(19,20)8-7-16-14/h2-6,12,14,16H,7-11H2,1H3,(H,17,18). The molecule has 1 aromatic rings. The van der Waals surface area contributed by atoms with E-state index in [-0.39, 0.29) is 35.8 Å². The molecule has 2 N–H and O–H groups in total. The minimum Gasteiger partial charge on any atom is -0.355 e. The molecule has 1 aliphatic rings. The molecule has 1 heterocycles. The molecule has 1 saturated heterocycles. The van der Waals surface area contributed by atoms with Crippen LogP contribution in [0.1, 0.15) is 24.8 Å². The van der Waals surface area contributed by atoms with Crippen molar-refractivity contribution in [1.29, 1.82) is 0 Å². The van der Waals surface area contributed by atoms with E-state index in [1.165, 1.54) is 5.56 Å². The van der Waals surface area contributed by atoms with Crippen molar-refractivity contribution in [3.63, 3.8) is 0 Å². The first kappa shape index (κ1) is 16.0. The van der Waals surface area contributed by atoms with Crippen molar-refractivity contribution < 1.29 is 13.2 Å². The highest BCUT2D eigenvalue weighted by atomic mass is 32.2. The van der Waals surface area contributed by atoms with Gasteiger partial charge in [0.15, 0.2) is 9.84 Å². The summed E-state index contributed by atoms with van der Waals surface area (Å²) in [6.07, 6.45) is 0.209. The lowest BCUT2D eigenvalue weighted by atomic mass is 10.0. The van der Waals surface area contributed by atoms with Crippen LogP contribution >= 0.6 is 0 Å². The van der Waals surface area contributed by atoms with Crippen molar-refractivity contribution >= 4 is 15.7 Å². The molecule has 1 aromatic carbocycles. The highest BCUT2D eigenvalue weighted by Gasteiger charge is 2.25. The second-order valence-corrected chi connectivity index (χ2v) is 7.81. The molecule has 2 rings (SSSR count). The Hall–Kier alpha value is -1.40. The van der Waals surface area contributed by atoms with Crippen molar-refractivity contribution in [1.82, 2.24) is 10.6 Å². The van der Waals surface area contributed by atoms with E-state index in [4.69, 9.17) is 0 Å². The maximum Gasteiger partial charge on any atom is 0.221 e. The molecule has 0 aliphatic carbocycles. The minimum atomic E-state index is -2.99. The summed E-state index contributed by atoms with van der Waals surface area (Å²) in [4.78, 5) is 11.9. The van der Waals surface area contributed by atoms with Crippen LogP contribution in [0.3, 0.4) is 0 Å². The first-order valence-electron chi connectivity index (χ1n) is 7.22. The number of carbonyl (C=O) groups is 1. The van der Waals surface area contributed by atoms with Crippen molar-refractivity contribution in [2.75, 3.05) is 24.6 Å². The van der Waals surface area contributed by atoms with E-state index in [0.717, 1.165) is 0 Å². The summed E-state index contributed by atoms with van der Waals surface area (Å²) >= 11 is 0. The maximum atomic E-state index is 11.9. The van der Waals surface area contributed by atoms with Crippen LogP contribution < -0.4 is 10.6 Å². The Bertz CT molecular complexity index is 572. The molecule has 5 nitrogen and oxygen atoms in total. The molecule has 2 unspecified atom stereocenters. The van der Waals surface area contributed by atoms with Crippen LogP contribution in [-0.4, -0.2) is 45.0 Å². The van der Waals surface area contributed by atoms with Gasteiger partial charge in [-0.25, -0.2) is 8.42 Å². The predicted octanol–water partition coefficient (Wildman–Crippen LogP) is 0.683. The molecular weight excluding hydrogens is 288 g/mol. The van der Waals surface area contributed by atoms with Gasteiger partial charge >= 0.3 is 0 Å². The Labute approximate surface area is 126 Å². The highest BCUT2D eigenvalue weighted by Crippen LogP contribution is 2.13. The Balaban J connectivity index is 1.77. The molecular formula is C15H22N2O3S. The Morgan fingerprint density at radius 2 is 2.10 bits per heavy atom. The molecule has 0 spiro atoms. The van der Waals surface area contributed by atoms with Crippen LogP contribution in [0.25, 0.3) is 0 Å². The third kappa shape index (κ3) is 5.13. The number of hydrogen-bond acceptors (Lipinski definition) is 4. The van der Waals surface area contributed by atoms with Gasteiger partial charge in [0, 0.05) is 25.6 Å². The zero-order valence-electron chi connectivity index (χ0n) is 12.2. The lowest BCUT2D eigenvalue weighted by Crippen LogP contribution is -2.47. The smallest absolute Gasteiger partial charge is 0.221 e. The molecule has 6 heteroatoms. The number of carbonyl (C=O) groups excluding carboxylic acids is 1. The van der Waals surface area contributed by atoms with Gasteiger partial charge in [0.05, 0.1) is 11.5 Å². The van der Waals surface area contributed by atoms with E-state index < -0.39 is 9.84 Å². The monoisotopic (exact) mass is 310 g/mol. The summed E-state index contributed by atoms with van der Waals surface area (Å²) in [5, 5.41) is 5.97. The topological polar surface area (TPSA) is 75.3 Å². The van der Waals surface area contributed by atoms with Gasteiger partial charge in [0.2, 0.25) is 5.91 Å². The quantitative estimate of drug-likeness (QED) is 0.839.